The SMILES string of the molecule is C=CCOC1CC(C=C(C)C2OC(=O)C3CCCCN3C(=O)C(=O)C3(O)OC(C(OC)CC(C)C/C(C)=C/C(CC)C(=O)CC(O)C2C)C(OC)CC3C)CCC1O[Si](C)(C)C(C)(C)C. The summed E-state index contributed by atoms with van der Waals surface area (Å²) in [6.45, 7) is 26.8. The third kappa shape index (κ3) is 13.6. The van der Waals surface area contributed by atoms with Gasteiger partial charge in [0.05, 0.1) is 37.1 Å². The molecule has 1 amide bonds. The number of aliphatic hydroxyl groups is 2. The third-order valence-corrected chi connectivity index (χ3v) is 19.7. The van der Waals surface area contributed by atoms with Gasteiger partial charge < -0.3 is 43.2 Å². The van der Waals surface area contributed by atoms with Gasteiger partial charge >= 0.3 is 5.97 Å². The van der Waals surface area contributed by atoms with E-state index in [2.05, 4.69) is 53.4 Å². The highest BCUT2D eigenvalue weighted by Crippen LogP contribution is 2.42. The number of fused-ring (bicyclic) bond motifs is 3. The Balaban J connectivity index is 1.75. The zero-order chi connectivity index (χ0) is 48.6. The van der Waals surface area contributed by atoms with Gasteiger partial charge in [-0.3, -0.25) is 14.4 Å². The Labute approximate surface area is 391 Å². The number of rotatable bonds is 10. The van der Waals surface area contributed by atoms with Crippen LogP contribution >= 0.6 is 0 Å². The summed E-state index contributed by atoms with van der Waals surface area (Å²) in [5, 5.41) is 24.1. The van der Waals surface area contributed by atoms with Crippen molar-refractivity contribution in [3.63, 3.8) is 0 Å². The van der Waals surface area contributed by atoms with E-state index in [1.54, 1.807) is 34.1 Å². The van der Waals surface area contributed by atoms with Crippen LogP contribution in [0, 0.1) is 29.6 Å². The number of nitrogens with zero attached hydrogens (tertiary/aromatic N) is 1. The predicted octanol–water partition coefficient (Wildman–Crippen LogP) is 8.06. The van der Waals surface area contributed by atoms with Gasteiger partial charge in [0.2, 0.25) is 5.79 Å². The highest BCUT2D eigenvalue weighted by molar-refractivity contribution is 6.74. The molecule has 0 aromatic carbocycles. The molecule has 65 heavy (non-hydrogen) atoms. The van der Waals surface area contributed by atoms with Gasteiger partial charge in [-0.05, 0) is 114 Å². The van der Waals surface area contributed by atoms with E-state index < -0.39 is 86.1 Å². The van der Waals surface area contributed by atoms with Gasteiger partial charge in [-0.15, -0.1) is 6.58 Å². The lowest BCUT2D eigenvalue weighted by Gasteiger charge is -2.47. The number of esters is 1. The minimum Gasteiger partial charge on any atom is -0.456 e. The number of hydrogen-bond acceptors (Lipinski definition) is 12. The number of amides is 1. The average molecular weight is 932 g/mol. The third-order valence-electron chi connectivity index (χ3n) is 15.2. The molecule has 0 aromatic heterocycles. The van der Waals surface area contributed by atoms with Gasteiger partial charge in [-0.25, -0.2) is 4.79 Å². The number of Topliss-reactive ketones (excluding diaryl/α,β-unsaturated/α-hetero) is 2. The maximum atomic E-state index is 14.6. The molecule has 13 nitrogen and oxygen atoms in total. The van der Waals surface area contributed by atoms with E-state index in [4.69, 9.17) is 28.1 Å². The molecule has 0 radical (unpaired) electrons. The van der Waals surface area contributed by atoms with Crippen molar-refractivity contribution in [1.29, 1.82) is 0 Å². The number of carbonyl (C=O) groups excluding carboxylic acids is 4. The number of cyclic esters (lactones) is 1. The second-order valence-corrected chi connectivity index (χ2v) is 26.1. The summed E-state index contributed by atoms with van der Waals surface area (Å²) in [6, 6.07) is -1.13. The molecule has 1 saturated carbocycles. The summed E-state index contributed by atoms with van der Waals surface area (Å²) in [6.07, 6.45) is 6.71. The molecule has 2 bridgehead atoms. The fourth-order valence-electron chi connectivity index (χ4n) is 10.2. The molecule has 370 valence electrons. The first-order chi connectivity index (χ1) is 30.4. The second kappa shape index (κ2) is 23.6. The Kier molecular flexibility index (Phi) is 20.0. The van der Waals surface area contributed by atoms with Crippen molar-refractivity contribution in [2.45, 2.75) is 206 Å². The molecular formula is C51H85NO12Si. The van der Waals surface area contributed by atoms with Crippen LogP contribution < -0.4 is 0 Å². The van der Waals surface area contributed by atoms with Gasteiger partial charge in [-0.1, -0.05) is 72.3 Å². The molecule has 14 heteroatoms. The van der Waals surface area contributed by atoms with Crippen molar-refractivity contribution >= 4 is 31.8 Å². The first-order valence-corrected chi connectivity index (χ1v) is 27.3. The number of hydrogen-bond donors (Lipinski definition) is 2. The molecule has 1 aliphatic carbocycles. The maximum absolute atomic E-state index is 14.6. The first kappa shape index (κ1) is 55.0. The molecule has 4 aliphatic rings. The first-order valence-electron chi connectivity index (χ1n) is 24.4. The van der Waals surface area contributed by atoms with Crippen molar-refractivity contribution in [2.24, 2.45) is 29.6 Å². The zero-order valence-electron chi connectivity index (χ0n) is 42.1. The molecule has 4 rings (SSSR count). The van der Waals surface area contributed by atoms with Crippen molar-refractivity contribution < 1.29 is 57.5 Å². The minimum absolute atomic E-state index is 0.0229. The Morgan fingerprint density at radius 2 is 1.63 bits per heavy atom. The Morgan fingerprint density at radius 3 is 2.25 bits per heavy atom. The van der Waals surface area contributed by atoms with Crippen LogP contribution in [0.4, 0.5) is 0 Å². The lowest BCUT2D eigenvalue weighted by atomic mass is 9.81. The Morgan fingerprint density at radius 1 is 0.969 bits per heavy atom. The van der Waals surface area contributed by atoms with E-state index in [-0.39, 0.29) is 60.7 Å². The van der Waals surface area contributed by atoms with Crippen LogP contribution in [-0.2, 0) is 47.3 Å². The average Bonchev–Trinajstić information content (AvgIpc) is 3.25. The van der Waals surface area contributed by atoms with Crippen LogP contribution in [-0.4, -0.2) is 129 Å². The van der Waals surface area contributed by atoms with E-state index in [9.17, 15) is 29.4 Å². The van der Waals surface area contributed by atoms with E-state index in [1.807, 2.05) is 26.8 Å². The molecule has 3 aliphatic heterocycles. The molecular weight excluding hydrogens is 847 g/mol. The second-order valence-electron chi connectivity index (χ2n) is 21.4. The molecule has 2 N–H and O–H groups in total. The fraction of sp³-hybridized carbons (Fsp3) is 0.804. The Bertz CT molecular complexity index is 1710. The zero-order valence-corrected chi connectivity index (χ0v) is 43.1. The number of piperidine rings is 1. The summed E-state index contributed by atoms with van der Waals surface area (Å²) in [5.41, 5.74) is 1.71. The lowest BCUT2D eigenvalue weighted by molar-refractivity contribution is -0.302. The van der Waals surface area contributed by atoms with Crippen LogP contribution in [0.25, 0.3) is 0 Å². The lowest BCUT2D eigenvalue weighted by Crippen LogP contribution is -2.64. The van der Waals surface area contributed by atoms with Crippen molar-refractivity contribution in [2.75, 3.05) is 27.4 Å². The van der Waals surface area contributed by atoms with E-state index in [0.29, 0.717) is 50.7 Å². The topological polar surface area (TPSA) is 167 Å². The minimum atomic E-state index is -2.51. The van der Waals surface area contributed by atoms with Crippen LogP contribution in [0.3, 0.4) is 0 Å². The van der Waals surface area contributed by atoms with E-state index >= 15 is 0 Å². The summed E-state index contributed by atoms with van der Waals surface area (Å²) in [7, 11) is 0.969. The Hall–Kier alpha value is -2.56. The van der Waals surface area contributed by atoms with Gasteiger partial charge in [0.1, 0.15) is 24.0 Å². The predicted molar refractivity (Wildman–Crippen MR) is 253 cm³/mol. The van der Waals surface area contributed by atoms with Gasteiger partial charge in [0.15, 0.2) is 8.32 Å². The van der Waals surface area contributed by atoms with Crippen LogP contribution in [0.5, 0.6) is 0 Å². The molecule has 2 saturated heterocycles. The summed E-state index contributed by atoms with van der Waals surface area (Å²) < 4.78 is 37.8. The normalized spacial score (nSPS) is 38.0. The molecule has 14 unspecified atom stereocenters. The maximum Gasteiger partial charge on any atom is 0.329 e. The number of methoxy groups -OCH3 is 2. The van der Waals surface area contributed by atoms with Crippen LogP contribution in [0.1, 0.15) is 133 Å². The quantitative estimate of drug-likeness (QED) is 0.0938. The van der Waals surface area contributed by atoms with E-state index in [1.165, 1.54) is 4.90 Å². The number of carbonyl (C=O) groups is 4. The smallest absolute Gasteiger partial charge is 0.329 e. The summed E-state index contributed by atoms with van der Waals surface area (Å²) >= 11 is 0. The largest absolute Gasteiger partial charge is 0.456 e. The highest BCUT2D eigenvalue weighted by atomic mass is 28.4. The molecule has 0 aromatic rings. The molecule has 3 fully saturated rings. The fourth-order valence-corrected chi connectivity index (χ4v) is 11.6. The van der Waals surface area contributed by atoms with Gasteiger partial charge in [0.25, 0.3) is 11.7 Å². The molecule has 0 spiro atoms. The monoisotopic (exact) mass is 932 g/mol. The van der Waals surface area contributed by atoms with Crippen LogP contribution in [0.15, 0.2) is 36.0 Å². The van der Waals surface area contributed by atoms with Crippen LogP contribution in [0.2, 0.25) is 18.1 Å². The summed E-state index contributed by atoms with van der Waals surface area (Å²) in [4.78, 5) is 58.6. The number of aliphatic hydroxyl groups excluding tert-OH is 1. The van der Waals surface area contributed by atoms with Crippen molar-refractivity contribution in [1.82, 2.24) is 4.90 Å². The van der Waals surface area contributed by atoms with Gasteiger partial charge in [-0.2, -0.15) is 0 Å². The highest BCUT2D eigenvalue weighted by Gasteiger charge is 2.57. The van der Waals surface area contributed by atoms with Crippen molar-refractivity contribution in [3.8, 4) is 0 Å². The number of allylic oxidation sites excluding steroid dienone is 3. The molecule has 14 atom stereocenters. The summed E-state index contributed by atoms with van der Waals surface area (Å²) in [5.74, 6) is -7.43. The molecule has 3 heterocycles. The van der Waals surface area contributed by atoms with Crippen molar-refractivity contribution in [3.05, 3.63) is 36.0 Å². The van der Waals surface area contributed by atoms with Gasteiger partial charge in [0, 0.05) is 44.9 Å². The standard InChI is InChI=1S/C51H85NO12Si/c1-15-23-61-42-29-36(20-21-41(42)64-65(13,14)50(8,9)10)27-33(5)45-35(7)39(53)30-40(54)37(16-2)25-31(3)24-32(4)26-43(59-11)46-44(60-12)28-34(6)51(58,63-46)47(55)48(56)52-22-18-17-19-38(52)49(57)62-45/h15,25,27,32,34-39,41-46,53,58H,1,16-24,26,28-30H2,2-14H3/b31-25+,33-27?. The van der Waals surface area contributed by atoms with E-state index in [0.717, 1.165) is 18.4 Å². The number of ketones is 2. The number of ether oxygens (including phenoxy) is 5.